The van der Waals surface area contributed by atoms with E-state index in [2.05, 4.69) is 0 Å². The van der Waals surface area contributed by atoms with E-state index < -0.39 is 29.7 Å². The summed E-state index contributed by atoms with van der Waals surface area (Å²) >= 11 is 0. The summed E-state index contributed by atoms with van der Waals surface area (Å²) in [5, 5.41) is 0. The second-order valence-corrected chi connectivity index (χ2v) is 5.79. The van der Waals surface area contributed by atoms with Gasteiger partial charge in [0.05, 0.1) is 5.56 Å². The van der Waals surface area contributed by atoms with E-state index >= 15 is 0 Å². The van der Waals surface area contributed by atoms with Crippen LogP contribution in [-0.4, -0.2) is 23.9 Å². The standard InChI is InChI=1S/C20H17FO8/c1-11(22)27-17-8-15(9-18(28-12(2)23)19(17)29-13(3)24)20(25)26-10-14-4-6-16(21)7-5-14/h4-9H,10H2,1-3H3. The molecule has 2 aromatic rings. The zero-order valence-corrected chi connectivity index (χ0v) is 15.8. The Labute approximate surface area is 165 Å². The minimum absolute atomic E-state index is 0.129. The van der Waals surface area contributed by atoms with Crippen LogP contribution in [0.3, 0.4) is 0 Å². The Bertz CT molecular complexity index is 912. The van der Waals surface area contributed by atoms with E-state index in [1.165, 1.54) is 24.3 Å². The third-order valence-electron chi connectivity index (χ3n) is 3.29. The Morgan fingerprint density at radius 3 is 1.72 bits per heavy atom. The third-order valence-corrected chi connectivity index (χ3v) is 3.29. The van der Waals surface area contributed by atoms with Crippen molar-refractivity contribution in [2.24, 2.45) is 0 Å². The zero-order chi connectivity index (χ0) is 21.6. The molecule has 0 saturated carbocycles. The number of rotatable bonds is 6. The van der Waals surface area contributed by atoms with E-state index in [9.17, 15) is 23.6 Å². The number of benzene rings is 2. The summed E-state index contributed by atoms with van der Waals surface area (Å²) in [5.74, 6) is -4.51. The number of hydrogen-bond donors (Lipinski definition) is 0. The summed E-state index contributed by atoms with van der Waals surface area (Å²) in [7, 11) is 0. The predicted octanol–water partition coefficient (Wildman–Crippen LogP) is 2.96. The molecule has 2 aromatic carbocycles. The molecule has 9 heteroatoms. The largest absolute Gasteiger partial charge is 0.457 e. The Morgan fingerprint density at radius 2 is 1.28 bits per heavy atom. The van der Waals surface area contributed by atoms with Crippen LogP contribution < -0.4 is 14.2 Å². The first-order valence-electron chi connectivity index (χ1n) is 8.30. The number of ether oxygens (including phenoxy) is 4. The lowest BCUT2D eigenvalue weighted by Crippen LogP contribution is -2.13. The predicted molar refractivity (Wildman–Crippen MR) is 95.9 cm³/mol. The second-order valence-electron chi connectivity index (χ2n) is 5.79. The molecule has 2 rings (SSSR count). The highest BCUT2D eigenvalue weighted by Gasteiger charge is 2.23. The highest BCUT2D eigenvalue weighted by molar-refractivity contribution is 5.92. The maximum atomic E-state index is 12.9. The molecular weight excluding hydrogens is 387 g/mol. The Morgan fingerprint density at radius 1 is 0.793 bits per heavy atom. The SMILES string of the molecule is CC(=O)Oc1cc(C(=O)OCc2ccc(F)cc2)cc(OC(C)=O)c1OC(C)=O. The maximum Gasteiger partial charge on any atom is 0.338 e. The summed E-state index contributed by atoms with van der Waals surface area (Å²) in [4.78, 5) is 46.6. The smallest absolute Gasteiger partial charge is 0.338 e. The van der Waals surface area contributed by atoms with Crippen molar-refractivity contribution in [3.05, 3.63) is 53.3 Å². The summed E-state index contributed by atoms with van der Waals surface area (Å²) < 4.78 is 33.0. The van der Waals surface area contributed by atoms with Gasteiger partial charge in [-0.15, -0.1) is 0 Å². The van der Waals surface area contributed by atoms with E-state index in [0.717, 1.165) is 32.9 Å². The topological polar surface area (TPSA) is 105 Å². The molecule has 0 atom stereocenters. The molecule has 0 saturated heterocycles. The van der Waals surface area contributed by atoms with Crippen molar-refractivity contribution in [1.29, 1.82) is 0 Å². The van der Waals surface area contributed by atoms with Crippen molar-refractivity contribution in [3.63, 3.8) is 0 Å². The molecule has 0 spiro atoms. The summed E-state index contributed by atoms with van der Waals surface area (Å²) in [5.41, 5.74) is 0.409. The lowest BCUT2D eigenvalue weighted by Gasteiger charge is -2.14. The highest BCUT2D eigenvalue weighted by Crippen LogP contribution is 2.39. The molecule has 0 unspecified atom stereocenters. The molecule has 8 nitrogen and oxygen atoms in total. The number of hydrogen-bond acceptors (Lipinski definition) is 8. The minimum Gasteiger partial charge on any atom is -0.457 e. The molecule has 0 aromatic heterocycles. The van der Waals surface area contributed by atoms with Gasteiger partial charge in [0.25, 0.3) is 0 Å². The van der Waals surface area contributed by atoms with E-state index in [1.807, 2.05) is 0 Å². The first-order chi connectivity index (χ1) is 13.7. The van der Waals surface area contributed by atoms with Gasteiger partial charge in [-0.1, -0.05) is 12.1 Å². The molecule has 29 heavy (non-hydrogen) atoms. The lowest BCUT2D eigenvalue weighted by molar-refractivity contribution is -0.135. The number of halogens is 1. The van der Waals surface area contributed by atoms with Crippen molar-refractivity contribution in [2.45, 2.75) is 27.4 Å². The number of carbonyl (C=O) groups excluding carboxylic acids is 4. The van der Waals surface area contributed by atoms with E-state index in [1.54, 1.807) is 0 Å². The van der Waals surface area contributed by atoms with Crippen LogP contribution in [0.25, 0.3) is 0 Å². The van der Waals surface area contributed by atoms with Crippen molar-refractivity contribution in [2.75, 3.05) is 0 Å². The van der Waals surface area contributed by atoms with Crippen LogP contribution >= 0.6 is 0 Å². The van der Waals surface area contributed by atoms with Crippen LogP contribution in [0.15, 0.2) is 36.4 Å². The van der Waals surface area contributed by atoms with Crippen molar-refractivity contribution in [1.82, 2.24) is 0 Å². The quantitative estimate of drug-likeness (QED) is 0.535. The Kier molecular flexibility index (Phi) is 7.02. The molecule has 0 amide bonds. The van der Waals surface area contributed by atoms with Crippen LogP contribution in [0.2, 0.25) is 0 Å². The summed E-state index contributed by atoms with van der Waals surface area (Å²) in [6.07, 6.45) is 0. The van der Waals surface area contributed by atoms with Crippen LogP contribution in [0.4, 0.5) is 4.39 Å². The summed E-state index contributed by atoms with van der Waals surface area (Å²) in [6.45, 7) is 3.14. The fourth-order valence-electron chi connectivity index (χ4n) is 2.21. The van der Waals surface area contributed by atoms with Crippen LogP contribution in [0, 0.1) is 5.82 Å². The van der Waals surface area contributed by atoms with Gasteiger partial charge in [0, 0.05) is 20.8 Å². The Balaban J connectivity index is 2.37. The molecule has 0 aliphatic carbocycles. The zero-order valence-electron chi connectivity index (χ0n) is 15.8. The van der Waals surface area contributed by atoms with E-state index in [4.69, 9.17) is 18.9 Å². The molecule has 0 N–H and O–H groups in total. The van der Waals surface area contributed by atoms with Crippen LogP contribution in [0.1, 0.15) is 36.7 Å². The third kappa shape index (κ3) is 6.42. The van der Waals surface area contributed by atoms with Gasteiger partial charge >= 0.3 is 23.9 Å². The van der Waals surface area contributed by atoms with Gasteiger partial charge < -0.3 is 18.9 Å². The van der Waals surface area contributed by atoms with Gasteiger partial charge in [-0.2, -0.15) is 0 Å². The lowest BCUT2D eigenvalue weighted by atomic mass is 10.1. The van der Waals surface area contributed by atoms with E-state index in [0.29, 0.717) is 5.56 Å². The molecule has 0 aliphatic heterocycles. The fourth-order valence-corrected chi connectivity index (χ4v) is 2.21. The molecule has 0 aliphatic rings. The number of esters is 4. The van der Waals surface area contributed by atoms with Crippen molar-refractivity contribution >= 4 is 23.9 Å². The van der Waals surface area contributed by atoms with Gasteiger partial charge in [-0.3, -0.25) is 14.4 Å². The van der Waals surface area contributed by atoms with Crippen LogP contribution in [0.5, 0.6) is 17.2 Å². The van der Waals surface area contributed by atoms with Gasteiger partial charge in [-0.05, 0) is 29.8 Å². The highest BCUT2D eigenvalue weighted by atomic mass is 19.1. The average Bonchev–Trinajstić information content (AvgIpc) is 2.62. The normalized spacial score (nSPS) is 10.1. The molecule has 0 bridgehead atoms. The number of carbonyl (C=O) groups is 4. The van der Waals surface area contributed by atoms with Gasteiger partial charge in [0.1, 0.15) is 12.4 Å². The molecule has 0 heterocycles. The maximum absolute atomic E-state index is 12.9. The fraction of sp³-hybridized carbons (Fsp3) is 0.200. The first kappa shape index (κ1) is 21.5. The first-order valence-corrected chi connectivity index (χ1v) is 8.30. The van der Waals surface area contributed by atoms with Gasteiger partial charge in [0.2, 0.25) is 5.75 Å². The Hall–Kier alpha value is -3.75. The molecule has 0 fully saturated rings. The van der Waals surface area contributed by atoms with Gasteiger partial charge in [0.15, 0.2) is 11.5 Å². The monoisotopic (exact) mass is 404 g/mol. The van der Waals surface area contributed by atoms with Crippen molar-refractivity contribution < 1.29 is 42.5 Å². The van der Waals surface area contributed by atoms with Gasteiger partial charge in [-0.25, -0.2) is 9.18 Å². The van der Waals surface area contributed by atoms with Crippen molar-refractivity contribution in [3.8, 4) is 17.2 Å². The average molecular weight is 404 g/mol. The minimum atomic E-state index is -0.842. The molecule has 152 valence electrons. The molecular formula is C20H17FO8. The molecule has 0 radical (unpaired) electrons. The van der Waals surface area contributed by atoms with Crippen LogP contribution in [-0.2, 0) is 25.7 Å². The summed E-state index contributed by atoms with van der Waals surface area (Å²) in [6, 6.07) is 7.55. The second kappa shape index (κ2) is 9.45. The van der Waals surface area contributed by atoms with E-state index in [-0.39, 0.29) is 29.4 Å².